The summed E-state index contributed by atoms with van der Waals surface area (Å²) in [7, 11) is 0. The summed E-state index contributed by atoms with van der Waals surface area (Å²) in [5, 5.41) is 11.4. The van der Waals surface area contributed by atoms with Crippen LogP contribution in [0, 0.1) is 13.8 Å². The van der Waals surface area contributed by atoms with Crippen LogP contribution in [0.25, 0.3) is 11.5 Å². The van der Waals surface area contributed by atoms with E-state index in [4.69, 9.17) is 4.74 Å². The van der Waals surface area contributed by atoms with Crippen LogP contribution < -0.4 is 5.32 Å². The molecule has 0 atom stereocenters. The summed E-state index contributed by atoms with van der Waals surface area (Å²) in [5.74, 6) is 0.178. The van der Waals surface area contributed by atoms with E-state index in [1.54, 1.807) is 52.6 Å². The average molecular weight is 419 g/mol. The first-order chi connectivity index (χ1) is 14.9. The molecule has 31 heavy (non-hydrogen) atoms. The predicted molar refractivity (Wildman–Crippen MR) is 112 cm³/mol. The van der Waals surface area contributed by atoms with Crippen molar-refractivity contribution >= 4 is 23.3 Å². The third kappa shape index (κ3) is 4.42. The Balaban J connectivity index is 1.41. The van der Waals surface area contributed by atoms with Crippen LogP contribution in [0.1, 0.15) is 34.6 Å². The van der Waals surface area contributed by atoms with Crippen LogP contribution in [0.2, 0.25) is 0 Å². The molecule has 0 unspecified atom stereocenters. The van der Waals surface area contributed by atoms with Gasteiger partial charge in [-0.25, -0.2) is 19.0 Å². The Hall–Kier alpha value is -4.08. The maximum Gasteiger partial charge on any atom is 0.358 e. The molecule has 4 rings (SSSR count). The maximum absolute atomic E-state index is 12.4. The lowest BCUT2D eigenvalue weighted by molar-refractivity contribution is -0.115. The van der Waals surface area contributed by atoms with Gasteiger partial charge in [0.05, 0.1) is 18.7 Å². The number of ether oxygens (including phenoxy) is 1. The molecule has 158 valence electrons. The highest BCUT2D eigenvalue weighted by atomic mass is 16.5. The number of fused-ring (bicyclic) bond motifs is 1. The Bertz CT molecular complexity index is 1260. The fourth-order valence-electron chi connectivity index (χ4n) is 3.11. The molecule has 0 saturated carbocycles. The second-order valence-corrected chi connectivity index (χ2v) is 6.92. The molecule has 0 aliphatic carbocycles. The normalized spacial score (nSPS) is 10.9. The standard InChI is InChI=1S/C21H21N7O3/c1-4-31-20(30)17-9-10-27(25-17)16-7-5-15(6-8-16)23-19(29)12-18-24-21-22-13(2)11-14(3)28(21)26-18/h5-11H,4,12H2,1-3H3,(H,23,29). The number of nitrogens with zero attached hydrogens (tertiary/aromatic N) is 6. The van der Waals surface area contributed by atoms with Crippen LogP contribution in [0.4, 0.5) is 5.69 Å². The number of rotatable bonds is 6. The lowest BCUT2D eigenvalue weighted by Crippen LogP contribution is -2.15. The number of carbonyl (C=O) groups is 2. The summed E-state index contributed by atoms with van der Waals surface area (Å²) in [6.07, 6.45) is 1.71. The SMILES string of the molecule is CCOC(=O)c1ccn(-c2ccc(NC(=O)Cc3nc4nc(C)cc(C)n4n3)cc2)n1. The summed E-state index contributed by atoms with van der Waals surface area (Å²) >= 11 is 0. The van der Waals surface area contributed by atoms with Crippen LogP contribution in [0.5, 0.6) is 0 Å². The summed E-state index contributed by atoms with van der Waals surface area (Å²) in [4.78, 5) is 32.8. The molecule has 1 amide bonds. The van der Waals surface area contributed by atoms with Gasteiger partial charge >= 0.3 is 5.97 Å². The van der Waals surface area contributed by atoms with E-state index in [2.05, 4.69) is 25.5 Å². The number of anilines is 1. The number of esters is 1. The van der Waals surface area contributed by atoms with Crippen molar-refractivity contribution in [2.45, 2.75) is 27.2 Å². The molecule has 0 aliphatic rings. The van der Waals surface area contributed by atoms with E-state index < -0.39 is 5.97 Å². The van der Waals surface area contributed by atoms with E-state index in [-0.39, 0.29) is 18.0 Å². The van der Waals surface area contributed by atoms with Gasteiger partial charge in [-0.1, -0.05) is 0 Å². The van der Waals surface area contributed by atoms with Gasteiger partial charge in [0.15, 0.2) is 11.5 Å². The van der Waals surface area contributed by atoms with Gasteiger partial charge in [0.25, 0.3) is 5.78 Å². The molecule has 1 N–H and O–H groups in total. The highest BCUT2D eigenvalue weighted by Gasteiger charge is 2.13. The molecule has 0 spiro atoms. The van der Waals surface area contributed by atoms with Crippen molar-refractivity contribution in [1.82, 2.24) is 29.4 Å². The fraction of sp³-hybridized carbons (Fsp3) is 0.238. The van der Waals surface area contributed by atoms with Crippen LogP contribution in [-0.2, 0) is 16.0 Å². The lowest BCUT2D eigenvalue weighted by atomic mass is 10.2. The van der Waals surface area contributed by atoms with Gasteiger partial charge in [0.1, 0.15) is 0 Å². The molecule has 3 aromatic heterocycles. The van der Waals surface area contributed by atoms with Crippen LogP contribution in [-0.4, -0.2) is 47.8 Å². The van der Waals surface area contributed by atoms with Gasteiger partial charge in [-0.05, 0) is 57.2 Å². The van der Waals surface area contributed by atoms with Crippen LogP contribution in [0.3, 0.4) is 0 Å². The van der Waals surface area contributed by atoms with Gasteiger partial charge in [0, 0.05) is 23.3 Å². The Morgan fingerprint density at radius 1 is 1.06 bits per heavy atom. The number of aromatic nitrogens is 6. The third-order valence-corrected chi connectivity index (χ3v) is 4.47. The number of nitrogens with one attached hydrogen (secondary N) is 1. The Morgan fingerprint density at radius 2 is 1.84 bits per heavy atom. The molecular weight excluding hydrogens is 398 g/mol. The summed E-state index contributed by atoms with van der Waals surface area (Å²) in [6, 6.07) is 10.6. The van der Waals surface area contributed by atoms with E-state index in [1.807, 2.05) is 19.9 Å². The monoisotopic (exact) mass is 419 g/mol. The molecular formula is C21H21N7O3. The Morgan fingerprint density at radius 3 is 2.58 bits per heavy atom. The minimum Gasteiger partial charge on any atom is -0.461 e. The highest BCUT2D eigenvalue weighted by molar-refractivity contribution is 5.92. The predicted octanol–water partition coefficient (Wildman–Crippen LogP) is 2.28. The molecule has 10 heteroatoms. The van der Waals surface area contributed by atoms with E-state index >= 15 is 0 Å². The Labute approximate surface area is 177 Å². The number of carbonyl (C=O) groups excluding carboxylic acids is 2. The number of hydrogen-bond donors (Lipinski definition) is 1. The molecule has 3 heterocycles. The third-order valence-electron chi connectivity index (χ3n) is 4.47. The Kier molecular flexibility index (Phi) is 5.44. The van der Waals surface area contributed by atoms with Gasteiger partial charge in [-0.2, -0.15) is 10.1 Å². The second kappa shape index (κ2) is 8.34. The summed E-state index contributed by atoms with van der Waals surface area (Å²) in [6.45, 7) is 5.84. The van der Waals surface area contributed by atoms with E-state index in [1.165, 1.54) is 0 Å². The van der Waals surface area contributed by atoms with Crippen molar-refractivity contribution in [2.24, 2.45) is 0 Å². The number of benzene rings is 1. The van der Waals surface area contributed by atoms with Crippen molar-refractivity contribution in [3.05, 3.63) is 65.5 Å². The smallest absolute Gasteiger partial charge is 0.358 e. The zero-order chi connectivity index (χ0) is 22.0. The van der Waals surface area contributed by atoms with E-state index in [0.29, 0.717) is 23.9 Å². The van der Waals surface area contributed by atoms with E-state index in [9.17, 15) is 9.59 Å². The first kappa shape index (κ1) is 20.2. The lowest BCUT2D eigenvalue weighted by Gasteiger charge is -2.06. The molecule has 0 aliphatic heterocycles. The van der Waals surface area contributed by atoms with Crippen molar-refractivity contribution < 1.29 is 14.3 Å². The molecule has 4 aromatic rings. The molecule has 10 nitrogen and oxygen atoms in total. The van der Waals surface area contributed by atoms with Gasteiger partial charge in [-0.3, -0.25) is 4.79 Å². The van der Waals surface area contributed by atoms with Crippen molar-refractivity contribution in [2.75, 3.05) is 11.9 Å². The topological polar surface area (TPSA) is 116 Å². The minimum absolute atomic E-state index is 0.0334. The summed E-state index contributed by atoms with van der Waals surface area (Å²) < 4.78 is 8.13. The van der Waals surface area contributed by atoms with Crippen LogP contribution >= 0.6 is 0 Å². The quantitative estimate of drug-likeness (QED) is 0.477. The first-order valence-corrected chi connectivity index (χ1v) is 9.76. The maximum atomic E-state index is 12.4. The largest absolute Gasteiger partial charge is 0.461 e. The average Bonchev–Trinajstić information content (AvgIpc) is 3.36. The molecule has 0 radical (unpaired) electrons. The fourth-order valence-corrected chi connectivity index (χ4v) is 3.11. The first-order valence-electron chi connectivity index (χ1n) is 9.76. The molecule has 0 bridgehead atoms. The zero-order valence-corrected chi connectivity index (χ0v) is 17.4. The van der Waals surface area contributed by atoms with Gasteiger partial charge in [0.2, 0.25) is 5.91 Å². The van der Waals surface area contributed by atoms with Crippen LogP contribution in [0.15, 0.2) is 42.6 Å². The number of amides is 1. The molecule has 0 fully saturated rings. The molecule has 0 saturated heterocycles. The number of aryl methyl sites for hydroxylation is 2. The van der Waals surface area contributed by atoms with E-state index in [0.717, 1.165) is 17.1 Å². The van der Waals surface area contributed by atoms with Gasteiger partial charge < -0.3 is 10.1 Å². The van der Waals surface area contributed by atoms with Crippen molar-refractivity contribution in [1.29, 1.82) is 0 Å². The van der Waals surface area contributed by atoms with Crippen molar-refractivity contribution in [3.63, 3.8) is 0 Å². The minimum atomic E-state index is -0.466. The zero-order valence-electron chi connectivity index (χ0n) is 17.4. The van der Waals surface area contributed by atoms with Gasteiger partial charge in [-0.15, -0.1) is 5.10 Å². The highest BCUT2D eigenvalue weighted by Crippen LogP contribution is 2.14. The number of hydrogen-bond acceptors (Lipinski definition) is 7. The van der Waals surface area contributed by atoms with Crippen molar-refractivity contribution in [3.8, 4) is 5.69 Å². The second-order valence-electron chi connectivity index (χ2n) is 6.92. The molecule has 1 aromatic carbocycles. The summed E-state index contributed by atoms with van der Waals surface area (Å²) in [5.41, 5.74) is 3.36.